The maximum atomic E-state index is 12.9. The summed E-state index contributed by atoms with van der Waals surface area (Å²) in [5, 5.41) is 0. The monoisotopic (exact) mass is 1170 g/mol. The highest BCUT2D eigenvalue weighted by Crippen LogP contribution is 2.23. The molecular weight excluding hydrogens is 1030 g/mol. The van der Waals surface area contributed by atoms with Crippen molar-refractivity contribution in [3.63, 3.8) is 0 Å². The molecule has 0 radical (unpaired) electrons. The molecule has 0 N–H and O–H groups in total. The lowest BCUT2D eigenvalue weighted by Crippen LogP contribution is -2.28. The summed E-state index contributed by atoms with van der Waals surface area (Å²) in [5.41, 5.74) is -0.454. The van der Waals surface area contributed by atoms with Gasteiger partial charge in [0.15, 0.2) is 0 Å². The van der Waals surface area contributed by atoms with Gasteiger partial charge < -0.3 is 18.9 Å². The van der Waals surface area contributed by atoms with E-state index in [0.29, 0.717) is 25.7 Å². The fraction of sp³-hybridized carbons (Fsp3) is 0.893. The fourth-order valence-corrected chi connectivity index (χ4v) is 11.1. The van der Waals surface area contributed by atoms with Crippen molar-refractivity contribution in [3.8, 4) is 0 Å². The summed E-state index contributed by atoms with van der Waals surface area (Å²) in [6.07, 6.45) is 72.4. The van der Waals surface area contributed by atoms with Crippen LogP contribution in [0.3, 0.4) is 0 Å². The van der Waals surface area contributed by atoms with E-state index in [-0.39, 0.29) is 49.3 Å². The zero-order valence-corrected chi connectivity index (χ0v) is 56.2. The lowest BCUT2D eigenvalue weighted by Gasteiger charge is -2.23. The third-order valence-corrected chi connectivity index (χ3v) is 16.7. The number of carbonyl (C=O) groups is 4. The summed E-state index contributed by atoms with van der Waals surface area (Å²) in [6, 6.07) is 0. The highest BCUT2D eigenvalue weighted by Gasteiger charge is 2.23. The van der Waals surface area contributed by atoms with Crippen molar-refractivity contribution < 1.29 is 38.1 Å². The first-order valence-corrected chi connectivity index (χ1v) is 36.6. The van der Waals surface area contributed by atoms with Gasteiger partial charge in [-0.25, -0.2) is 0 Å². The number of hydrogen-bond acceptors (Lipinski definition) is 8. The number of ether oxygens (including phenoxy) is 4. The average Bonchev–Trinajstić information content (AvgIpc) is 3.47. The van der Waals surface area contributed by atoms with Crippen LogP contribution in [0.1, 0.15) is 401 Å². The van der Waals surface area contributed by atoms with Crippen LogP contribution in [-0.4, -0.2) is 49.3 Å². The van der Waals surface area contributed by atoms with E-state index in [1.807, 2.05) is 13.8 Å². The molecule has 83 heavy (non-hydrogen) atoms. The molecule has 0 rings (SSSR count). The number of esters is 4. The largest absolute Gasteiger partial charge is 0.465 e. The van der Waals surface area contributed by atoms with Crippen molar-refractivity contribution in [2.75, 3.05) is 13.2 Å². The van der Waals surface area contributed by atoms with E-state index in [1.54, 1.807) is 0 Å². The second-order valence-electron chi connectivity index (χ2n) is 26.1. The third kappa shape index (κ3) is 62.2. The second-order valence-corrected chi connectivity index (χ2v) is 26.1. The van der Waals surface area contributed by atoms with Gasteiger partial charge in [-0.15, -0.1) is 0 Å². The van der Waals surface area contributed by atoms with Crippen LogP contribution in [0.4, 0.5) is 0 Å². The first kappa shape index (κ1) is 80.4. The Bertz CT molecular complexity index is 1360. The van der Waals surface area contributed by atoms with E-state index in [0.717, 1.165) is 128 Å². The molecule has 0 aliphatic heterocycles. The Morgan fingerprint density at radius 2 is 0.482 bits per heavy atom. The van der Waals surface area contributed by atoms with E-state index in [1.165, 1.54) is 205 Å². The predicted molar refractivity (Wildman–Crippen MR) is 355 cm³/mol. The first-order valence-electron chi connectivity index (χ1n) is 36.6. The molecule has 0 fully saturated rings. The maximum Gasteiger partial charge on any atom is 0.306 e. The molecule has 0 amide bonds. The topological polar surface area (TPSA) is 105 Å². The molecule has 0 aromatic rings. The molecule has 0 aliphatic carbocycles. The second kappa shape index (κ2) is 63.9. The number of unbranched alkanes of at least 4 members (excludes halogenated alkanes) is 40. The molecule has 0 saturated carbocycles. The average molecular weight is 1170 g/mol. The van der Waals surface area contributed by atoms with Crippen molar-refractivity contribution in [2.45, 2.75) is 413 Å². The van der Waals surface area contributed by atoms with Crippen LogP contribution in [0.5, 0.6) is 0 Å². The van der Waals surface area contributed by atoms with Crippen LogP contribution >= 0.6 is 0 Å². The minimum Gasteiger partial charge on any atom is -0.465 e. The Balaban J connectivity index is 4.32. The van der Waals surface area contributed by atoms with E-state index in [2.05, 4.69) is 52.0 Å². The van der Waals surface area contributed by atoms with Gasteiger partial charge in [-0.1, -0.05) is 271 Å². The standard InChI is InChI=1S/C75H140O8/c1-7-11-15-19-23-25-27-29-31-33-35-37-39-47-57-65-73(78)82-69(59-51-43-21-17-13-9-3)61-53-45-41-49-55-63-71(76)80-67-75(5,6)68-81-72(77)64-56-50-42-46-54-62-70(60-52-44-22-18-14-10-4)83-74(79)66-58-48-40-38-36-34-32-30-28-26-24-20-16-12-8-2/h29-32,69-70H,7-28,33-68H2,1-6H3/b31-29-,32-30-. The van der Waals surface area contributed by atoms with Gasteiger partial charge in [-0.2, -0.15) is 0 Å². The Morgan fingerprint density at radius 1 is 0.277 bits per heavy atom. The van der Waals surface area contributed by atoms with Crippen molar-refractivity contribution in [2.24, 2.45) is 5.41 Å². The number of rotatable bonds is 66. The van der Waals surface area contributed by atoms with Gasteiger partial charge in [0.1, 0.15) is 12.2 Å². The van der Waals surface area contributed by atoms with Gasteiger partial charge in [-0.05, 0) is 128 Å². The SMILES string of the molecule is CCCCCCCC/C=C\CCCCCCCC(=O)OC(CCCCCCCC)CCCCCCCC(=O)OCC(C)(C)COC(=O)CCCCCCCC(CCCCCCCC)OC(=O)CCCCCCC/C=C\CCCCCCCC. The number of hydrogen-bond donors (Lipinski definition) is 0. The number of allylic oxidation sites excluding steroid dienone is 4. The van der Waals surface area contributed by atoms with Crippen LogP contribution in [0.25, 0.3) is 0 Å². The van der Waals surface area contributed by atoms with Crippen LogP contribution in [-0.2, 0) is 38.1 Å². The van der Waals surface area contributed by atoms with Gasteiger partial charge in [0, 0.05) is 31.1 Å². The summed E-state index contributed by atoms with van der Waals surface area (Å²) in [6.45, 7) is 13.4. The Hall–Kier alpha value is -2.64. The molecule has 8 nitrogen and oxygen atoms in total. The van der Waals surface area contributed by atoms with Gasteiger partial charge in [0.2, 0.25) is 0 Å². The number of carbonyl (C=O) groups excluding carboxylic acids is 4. The fourth-order valence-electron chi connectivity index (χ4n) is 11.1. The van der Waals surface area contributed by atoms with Crippen LogP contribution in [0.15, 0.2) is 24.3 Å². The van der Waals surface area contributed by atoms with Crippen molar-refractivity contribution in [1.29, 1.82) is 0 Å². The molecule has 0 spiro atoms. The smallest absolute Gasteiger partial charge is 0.306 e. The van der Waals surface area contributed by atoms with Crippen molar-refractivity contribution >= 4 is 23.9 Å². The normalized spacial score (nSPS) is 12.6. The summed E-state index contributed by atoms with van der Waals surface area (Å²) in [7, 11) is 0. The molecule has 2 unspecified atom stereocenters. The van der Waals surface area contributed by atoms with Crippen molar-refractivity contribution in [1.82, 2.24) is 0 Å². The van der Waals surface area contributed by atoms with Gasteiger partial charge in [-0.3, -0.25) is 19.2 Å². The van der Waals surface area contributed by atoms with E-state index >= 15 is 0 Å². The maximum absolute atomic E-state index is 12.9. The minimum absolute atomic E-state index is 0.0185. The molecular formula is C75H140O8. The molecule has 0 aromatic heterocycles. The summed E-state index contributed by atoms with van der Waals surface area (Å²) >= 11 is 0. The Morgan fingerprint density at radius 3 is 0.735 bits per heavy atom. The van der Waals surface area contributed by atoms with Crippen LogP contribution < -0.4 is 0 Å². The van der Waals surface area contributed by atoms with Gasteiger partial charge in [0.05, 0.1) is 13.2 Å². The summed E-state index contributed by atoms with van der Waals surface area (Å²) in [5.74, 6) is -0.422. The molecule has 0 aromatic carbocycles. The van der Waals surface area contributed by atoms with E-state index in [9.17, 15) is 19.2 Å². The zero-order chi connectivity index (χ0) is 60.6. The molecule has 0 heterocycles. The Kier molecular flexibility index (Phi) is 61.8. The highest BCUT2D eigenvalue weighted by molar-refractivity contribution is 5.70. The minimum atomic E-state index is -0.454. The Labute approximate surface area is 515 Å². The molecule has 8 heteroatoms. The highest BCUT2D eigenvalue weighted by atomic mass is 16.6. The summed E-state index contributed by atoms with van der Waals surface area (Å²) in [4.78, 5) is 51.1. The van der Waals surface area contributed by atoms with Gasteiger partial charge >= 0.3 is 23.9 Å². The molecule has 488 valence electrons. The quantitative estimate of drug-likeness (QED) is 0.0257. The first-order chi connectivity index (χ1) is 40.6. The molecule has 2 atom stereocenters. The van der Waals surface area contributed by atoms with Crippen molar-refractivity contribution in [3.05, 3.63) is 24.3 Å². The third-order valence-electron chi connectivity index (χ3n) is 16.7. The lowest BCUT2D eigenvalue weighted by atomic mass is 9.96. The van der Waals surface area contributed by atoms with E-state index in [4.69, 9.17) is 18.9 Å². The molecule has 0 bridgehead atoms. The van der Waals surface area contributed by atoms with E-state index < -0.39 is 5.41 Å². The van der Waals surface area contributed by atoms with Crippen LogP contribution in [0.2, 0.25) is 0 Å². The predicted octanol–water partition coefficient (Wildman–Crippen LogP) is 24.0. The lowest BCUT2D eigenvalue weighted by molar-refractivity contribution is -0.153. The zero-order valence-electron chi connectivity index (χ0n) is 56.2. The molecule has 0 aliphatic rings. The van der Waals surface area contributed by atoms with Gasteiger partial charge in [0.25, 0.3) is 0 Å². The molecule has 0 saturated heterocycles. The van der Waals surface area contributed by atoms with Crippen LogP contribution in [0, 0.1) is 5.41 Å². The summed E-state index contributed by atoms with van der Waals surface area (Å²) < 4.78 is 23.5.